The van der Waals surface area contributed by atoms with E-state index in [0.29, 0.717) is 12.0 Å². The Morgan fingerprint density at radius 3 is 2.60 bits per heavy atom. The Balaban J connectivity index is 2.48. The van der Waals surface area contributed by atoms with Gasteiger partial charge in [0.25, 0.3) is 0 Å². The van der Waals surface area contributed by atoms with Gasteiger partial charge < -0.3 is 10.1 Å². The molecule has 1 aromatic carbocycles. The first-order valence-corrected chi connectivity index (χ1v) is 9.06. The highest BCUT2D eigenvalue weighted by Crippen LogP contribution is 2.23. The van der Waals surface area contributed by atoms with Crippen molar-refractivity contribution < 1.29 is 4.74 Å². The highest BCUT2D eigenvalue weighted by molar-refractivity contribution is 9.10. The van der Waals surface area contributed by atoms with Crippen molar-refractivity contribution in [2.45, 2.75) is 37.6 Å². The molecule has 0 fully saturated rings. The lowest BCUT2D eigenvalue weighted by molar-refractivity contribution is 0.172. The zero-order chi connectivity index (χ0) is 14.8. The molecule has 1 rings (SSSR count). The molecule has 4 heteroatoms. The summed E-state index contributed by atoms with van der Waals surface area (Å²) in [4.78, 5) is 1.33. The largest absolute Gasteiger partial charge is 0.385 e. The molecule has 0 spiro atoms. The topological polar surface area (TPSA) is 21.3 Å². The van der Waals surface area contributed by atoms with Gasteiger partial charge in [-0.25, -0.2) is 0 Å². The van der Waals surface area contributed by atoms with E-state index in [1.54, 1.807) is 7.11 Å². The second-order valence-corrected chi connectivity index (χ2v) is 7.09. The van der Waals surface area contributed by atoms with Gasteiger partial charge in [-0.05, 0) is 49.6 Å². The van der Waals surface area contributed by atoms with Crippen molar-refractivity contribution >= 4 is 27.7 Å². The normalized spacial score (nSPS) is 14.2. The van der Waals surface area contributed by atoms with Gasteiger partial charge in [-0.15, -0.1) is 11.8 Å². The molecule has 2 unspecified atom stereocenters. The molecular formula is C16H26BrNOS. The molecule has 20 heavy (non-hydrogen) atoms. The Bertz CT molecular complexity index is 358. The highest BCUT2D eigenvalue weighted by Gasteiger charge is 2.16. The van der Waals surface area contributed by atoms with Crippen LogP contribution in [0.4, 0.5) is 0 Å². The first-order chi connectivity index (χ1) is 9.67. The minimum atomic E-state index is 0.541. The van der Waals surface area contributed by atoms with Gasteiger partial charge in [0.15, 0.2) is 0 Å². The molecule has 0 aliphatic rings. The van der Waals surface area contributed by atoms with Crippen molar-refractivity contribution in [1.82, 2.24) is 5.32 Å². The molecule has 0 amide bonds. The third kappa shape index (κ3) is 7.11. The second-order valence-electron chi connectivity index (χ2n) is 5.08. The molecule has 0 saturated carbocycles. The maximum Gasteiger partial charge on any atom is 0.0465 e. The smallest absolute Gasteiger partial charge is 0.0465 e. The van der Waals surface area contributed by atoms with E-state index in [9.17, 15) is 0 Å². The first kappa shape index (κ1) is 18.0. The Kier molecular flexibility index (Phi) is 9.61. The molecule has 0 heterocycles. The second kappa shape index (κ2) is 10.7. The first-order valence-electron chi connectivity index (χ1n) is 7.28. The van der Waals surface area contributed by atoms with E-state index in [1.807, 2.05) is 11.8 Å². The highest BCUT2D eigenvalue weighted by atomic mass is 79.9. The van der Waals surface area contributed by atoms with E-state index in [1.165, 1.54) is 11.3 Å². The third-order valence-electron chi connectivity index (χ3n) is 3.36. The SMILES string of the molecule is CCCNC(CSc1ccc(Br)cc1)C(C)CCOC. The molecule has 1 N–H and O–H groups in total. The van der Waals surface area contributed by atoms with E-state index >= 15 is 0 Å². The zero-order valence-electron chi connectivity index (χ0n) is 12.7. The summed E-state index contributed by atoms with van der Waals surface area (Å²) in [5, 5.41) is 3.67. The predicted molar refractivity (Wildman–Crippen MR) is 92.6 cm³/mol. The lowest BCUT2D eigenvalue weighted by atomic mass is 10.00. The Morgan fingerprint density at radius 2 is 2.00 bits per heavy atom. The van der Waals surface area contributed by atoms with E-state index < -0.39 is 0 Å². The van der Waals surface area contributed by atoms with Crippen LogP contribution in [0.1, 0.15) is 26.7 Å². The van der Waals surface area contributed by atoms with E-state index in [0.717, 1.165) is 29.8 Å². The van der Waals surface area contributed by atoms with E-state index in [2.05, 4.69) is 59.4 Å². The van der Waals surface area contributed by atoms with Crippen molar-refractivity contribution in [2.75, 3.05) is 26.0 Å². The lowest BCUT2D eigenvalue weighted by Crippen LogP contribution is -2.38. The van der Waals surface area contributed by atoms with E-state index in [4.69, 9.17) is 4.74 Å². The fraction of sp³-hybridized carbons (Fsp3) is 0.625. The maximum atomic E-state index is 5.20. The van der Waals surface area contributed by atoms with Crippen LogP contribution in [0.5, 0.6) is 0 Å². The van der Waals surface area contributed by atoms with Crippen LogP contribution in [0.2, 0.25) is 0 Å². The Hall–Kier alpha value is -0.0300. The standard InChI is InChI=1S/C16H26BrNOS/c1-4-10-18-16(13(2)9-11-19-3)12-20-15-7-5-14(17)6-8-15/h5-8,13,16,18H,4,9-12H2,1-3H3. The van der Waals surface area contributed by atoms with Gasteiger partial charge in [-0.2, -0.15) is 0 Å². The average Bonchev–Trinajstić information content (AvgIpc) is 2.46. The summed E-state index contributed by atoms with van der Waals surface area (Å²) in [5.74, 6) is 1.73. The molecule has 0 saturated heterocycles. The summed E-state index contributed by atoms with van der Waals surface area (Å²) in [6.45, 7) is 6.46. The number of hydrogen-bond acceptors (Lipinski definition) is 3. The quantitative estimate of drug-likeness (QED) is 0.617. The minimum Gasteiger partial charge on any atom is -0.385 e. The van der Waals surface area contributed by atoms with Crippen molar-refractivity contribution in [3.05, 3.63) is 28.7 Å². The Labute approximate surface area is 136 Å². The molecule has 114 valence electrons. The van der Waals surface area contributed by atoms with Gasteiger partial charge >= 0.3 is 0 Å². The summed E-state index contributed by atoms with van der Waals surface area (Å²) in [6.07, 6.45) is 2.29. The number of thioether (sulfide) groups is 1. The number of rotatable bonds is 10. The predicted octanol–water partition coefficient (Wildman–Crippen LogP) is 4.58. The van der Waals surface area contributed by atoms with Crippen molar-refractivity contribution in [3.8, 4) is 0 Å². The third-order valence-corrected chi connectivity index (χ3v) is 5.02. The van der Waals surface area contributed by atoms with Gasteiger partial charge in [0, 0.05) is 34.9 Å². The van der Waals surface area contributed by atoms with Crippen LogP contribution in [-0.4, -0.2) is 32.1 Å². The van der Waals surface area contributed by atoms with Gasteiger partial charge in [0.2, 0.25) is 0 Å². The summed E-state index contributed by atoms with van der Waals surface area (Å²) in [6, 6.07) is 9.09. The van der Waals surface area contributed by atoms with Gasteiger partial charge in [-0.1, -0.05) is 29.8 Å². The number of hydrogen-bond donors (Lipinski definition) is 1. The van der Waals surface area contributed by atoms with Crippen molar-refractivity contribution in [3.63, 3.8) is 0 Å². The minimum absolute atomic E-state index is 0.541. The maximum absolute atomic E-state index is 5.20. The molecular weight excluding hydrogens is 334 g/mol. The summed E-state index contributed by atoms with van der Waals surface area (Å²) < 4.78 is 6.34. The number of ether oxygens (including phenoxy) is 1. The fourth-order valence-electron chi connectivity index (χ4n) is 1.98. The molecule has 0 aliphatic heterocycles. The Morgan fingerprint density at radius 1 is 1.30 bits per heavy atom. The summed E-state index contributed by atoms with van der Waals surface area (Å²) in [7, 11) is 1.78. The average molecular weight is 360 g/mol. The summed E-state index contributed by atoms with van der Waals surface area (Å²) >= 11 is 5.40. The number of halogens is 1. The number of methoxy groups -OCH3 is 1. The molecule has 0 aliphatic carbocycles. The molecule has 2 nitrogen and oxygen atoms in total. The van der Waals surface area contributed by atoms with Gasteiger partial charge in [-0.3, -0.25) is 0 Å². The van der Waals surface area contributed by atoms with Gasteiger partial charge in [0.1, 0.15) is 0 Å². The molecule has 1 aromatic rings. The van der Waals surface area contributed by atoms with Crippen molar-refractivity contribution in [2.24, 2.45) is 5.92 Å². The van der Waals surface area contributed by atoms with Crippen molar-refractivity contribution in [1.29, 1.82) is 0 Å². The number of benzene rings is 1. The zero-order valence-corrected chi connectivity index (χ0v) is 15.1. The summed E-state index contributed by atoms with van der Waals surface area (Å²) in [5.41, 5.74) is 0. The molecule has 0 bridgehead atoms. The van der Waals surface area contributed by atoms with E-state index in [-0.39, 0.29) is 0 Å². The van der Waals surface area contributed by atoms with Crippen LogP contribution in [0.25, 0.3) is 0 Å². The van der Waals surface area contributed by atoms with Crippen LogP contribution in [0.15, 0.2) is 33.6 Å². The fourth-order valence-corrected chi connectivity index (χ4v) is 3.39. The lowest BCUT2D eigenvalue weighted by Gasteiger charge is -2.25. The monoisotopic (exact) mass is 359 g/mol. The number of nitrogens with one attached hydrogen (secondary N) is 1. The van der Waals surface area contributed by atoms with Crippen LogP contribution in [-0.2, 0) is 4.74 Å². The van der Waals surface area contributed by atoms with Crippen LogP contribution >= 0.6 is 27.7 Å². The van der Waals surface area contributed by atoms with Crippen LogP contribution in [0.3, 0.4) is 0 Å². The molecule has 0 radical (unpaired) electrons. The van der Waals surface area contributed by atoms with Crippen LogP contribution in [0, 0.1) is 5.92 Å². The molecule has 0 aromatic heterocycles. The molecule has 2 atom stereocenters. The van der Waals surface area contributed by atoms with Crippen LogP contribution < -0.4 is 5.32 Å². The van der Waals surface area contributed by atoms with Gasteiger partial charge in [0.05, 0.1) is 0 Å².